The SMILES string of the molecule is CC(C)CN1CCOC(CN=C(N)NC2CCCCCC2)C1. The lowest BCUT2D eigenvalue weighted by atomic mass is 10.1. The predicted molar refractivity (Wildman–Crippen MR) is 92.1 cm³/mol. The molecular formula is C17H34N4O. The Morgan fingerprint density at radius 2 is 2.00 bits per heavy atom. The standard InChI is InChI=1S/C17H34N4O/c1-14(2)12-21-9-10-22-16(13-21)11-19-17(18)20-15-7-5-3-4-6-8-15/h14-16H,3-13H2,1-2H3,(H3,18,19,20). The zero-order valence-electron chi connectivity index (χ0n) is 14.4. The van der Waals surface area contributed by atoms with Gasteiger partial charge in [0, 0.05) is 25.7 Å². The van der Waals surface area contributed by atoms with E-state index in [1.807, 2.05) is 0 Å². The van der Waals surface area contributed by atoms with Gasteiger partial charge in [0.25, 0.3) is 0 Å². The van der Waals surface area contributed by atoms with Crippen LogP contribution in [0.5, 0.6) is 0 Å². The molecule has 2 rings (SSSR count). The lowest BCUT2D eigenvalue weighted by Gasteiger charge is -2.33. The second-order valence-corrected chi connectivity index (χ2v) is 7.20. The first-order valence-corrected chi connectivity index (χ1v) is 9.04. The van der Waals surface area contributed by atoms with Crippen molar-refractivity contribution < 1.29 is 4.74 Å². The summed E-state index contributed by atoms with van der Waals surface area (Å²) in [6.07, 6.45) is 7.95. The van der Waals surface area contributed by atoms with Gasteiger partial charge in [-0.05, 0) is 18.8 Å². The summed E-state index contributed by atoms with van der Waals surface area (Å²) in [5, 5.41) is 3.40. The number of morpholine rings is 1. The maximum absolute atomic E-state index is 6.06. The van der Waals surface area contributed by atoms with E-state index in [-0.39, 0.29) is 6.10 Å². The van der Waals surface area contributed by atoms with Crippen molar-refractivity contribution in [2.45, 2.75) is 64.5 Å². The quantitative estimate of drug-likeness (QED) is 0.463. The highest BCUT2D eigenvalue weighted by Crippen LogP contribution is 2.17. The van der Waals surface area contributed by atoms with Gasteiger partial charge >= 0.3 is 0 Å². The molecule has 0 bridgehead atoms. The van der Waals surface area contributed by atoms with Crippen molar-refractivity contribution in [2.75, 3.05) is 32.8 Å². The molecule has 1 aliphatic heterocycles. The van der Waals surface area contributed by atoms with Crippen LogP contribution in [0.2, 0.25) is 0 Å². The van der Waals surface area contributed by atoms with E-state index in [0.29, 0.717) is 24.5 Å². The topological polar surface area (TPSA) is 62.9 Å². The molecule has 5 heteroatoms. The van der Waals surface area contributed by atoms with E-state index < -0.39 is 0 Å². The van der Waals surface area contributed by atoms with E-state index in [1.54, 1.807) is 0 Å². The first kappa shape index (κ1) is 17.5. The molecule has 1 saturated heterocycles. The smallest absolute Gasteiger partial charge is 0.188 e. The fraction of sp³-hybridized carbons (Fsp3) is 0.941. The maximum Gasteiger partial charge on any atom is 0.188 e. The minimum atomic E-state index is 0.182. The highest BCUT2D eigenvalue weighted by molar-refractivity contribution is 5.78. The molecule has 1 atom stereocenters. The van der Waals surface area contributed by atoms with Gasteiger partial charge in [0.1, 0.15) is 0 Å². The monoisotopic (exact) mass is 310 g/mol. The number of nitrogens with zero attached hydrogens (tertiary/aromatic N) is 2. The number of hydrogen-bond acceptors (Lipinski definition) is 3. The molecular weight excluding hydrogens is 276 g/mol. The Bertz CT molecular complexity index is 338. The molecule has 0 amide bonds. The third-order valence-electron chi connectivity index (χ3n) is 4.52. The van der Waals surface area contributed by atoms with Gasteiger partial charge in [0.15, 0.2) is 5.96 Å². The van der Waals surface area contributed by atoms with Gasteiger partial charge in [-0.3, -0.25) is 9.89 Å². The van der Waals surface area contributed by atoms with Gasteiger partial charge in [-0.1, -0.05) is 39.5 Å². The molecule has 2 fully saturated rings. The van der Waals surface area contributed by atoms with Crippen LogP contribution < -0.4 is 11.1 Å². The molecule has 5 nitrogen and oxygen atoms in total. The second kappa shape index (κ2) is 9.36. The molecule has 1 heterocycles. The lowest BCUT2D eigenvalue weighted by molar-refractivity contribution is -0.0261. The summed E-state index contributed by atoms with van der Waals surface area (Å²) in [6.45, 7) is 9.14. The molecule has 3 N–H and O–H groups in total. The van der Waals surface area contributed by atoms with Crippen molar-refractivity contribution in [1.29, 1.82) is 0 Å². The second-order valence-electron chi connectivity index (χ2n) is 7.20. The maximum atomic E-state index is 6.06. The molecule has 1 saturated carbocycles. The number of nitrogens with two attached hydrogens (primary N) is 1. The van der Waals surface area contributed by atoms with Crippen molar-refractivity contribution >= 4 is 5.96 Å². The van der Waals surface area contributed by atoms with Gasteiger partial charge in [0.05, 0.1) is 19.3 Å². The number of nitrogens with one attached hydrogen (secondary N) is 1. The van der Waals surface area contributed by atoms with Crippen LogP contribution >= 0.6 is 0 Å². The lowest BCUT2D eigenvalue weighted by Crippen LogP contribution is -2.46. The number of rotatable bonds is 5. The Morgan fingerprint density at radius 3 is 2.68 bits per heavy atom. The van der Waals surface area contributed by atoms with Gasteiger partial charge in [0.2, 0.25) is 0 Å². The Kier molecular flexibility index (Phi) is 7.46. The summed E-state index contributed by atoms with van der Waals surface area (Å²) in [5.41, 5.74) is 6.06. The van der Waals surface area contributed by atoms with Crippen LogP contribution in [0.4, 0.5) is 0 Å². The number of hydrogen-bond donors (Lipinski definition) is 2. The molecule has 0 aromatic rings. The highest BCUT2D eigenvalue weighted by Gasteiger charge is 2.21. The average Bonchev–Trinajstić information content (AvgIpc) is 2.73. The van der Waals surface area contributed by atoms with E-state index in [4.69, 9.17) is 10.5 Å². The van der Waals surface area contributed by atoms with Gasteiger partial charge < -0.3 is 15.8 Å². The third-order valence-corrected chi connectivity index (χ3v) is 4.52. The summed E-state index contributed by atoms with van der Waals surface area (Å²) in [4.78, 5) is 6.99. The zero-order valence-corrected chi connectivity index (χ0v) is 14.4. The van der Waals surface area contributed by atoms with Crippen LogP contribution in [0.3, 0.4) is 0 Å². The summed E-state index contributed by atoms with van der Waals surface area (Å²) in [7, 11) is 0. The van der Waals surface area contributed by atoms with Crippen LogP contribution in [0.25, 0.3) is 0 Å². The molecule has 1 aliphatic carbocycles. The average molecular weight is 310 g/mol. The zero-order chi connectivity index (χ0) is 15.8. The molecule has 1 unspecified atom stereocenters. The summed E-state index contributed by atoms with van der Waals surface area (Å²) < 4.78 is 5.82. The van der Waals surface area contributed by atoms with Crippen molar-refractivity contribution in [3.63, 3.8) is 0 Å². The third kappa shape index (κ3) is 6.53. The molecule has 0 aromatic heterocycles. The fourth-order valence-electron chi connectivity index (χ4n) is 3.45. The Balaban J connectivity index is 1.72. The van der Waals surface area contributed by atoms with Gasteiger partial charge in [-0.25, -0.2) is 0 Å². The predicted octanol–water partition coefficient (Wildman–Crippen LogP) is 1.97. The van der Waals surface area contributed by atoms with E-state index >= 15 is 0 Å². The first-order valence-electron chi connectivity index (χ1n) is 9.04. The normalized spacial score (nSPS) is 26.1. The number of guanidine groups is 1. The van der Waals surface area contributed by atoms with Gasteiger partial charge in [-0.2, -0.15) is 0 Å². The highest BCUT2D eigenvalue weighted by atomic mass is 16.5. The molecule has 0 spiro atoms. The van der Waals surface area contributed by atoms with E-state index in [1.165, 1.54) is 38.5 Å². The Morgan fingerprint density at radius 1 is 1.27 bits per heavy atom. The van der Waals surface area contributed by atoms with Crippen molar-refractivity contribution in [3.8, 4) is 0 Å². The Hall–Kier alpha value is -0.810. The number of ether oxygens (including phenoxy) is 1. The Labute approximate surface area is 135 Å². The number of aliphatic imine (C=N–C) groups is 1. The fourth-order valence-corrected chi connectivity index (χ4v) is 3.45. The summed E-state index contributed by atoms with van der Waals surface area (Å²) in [6, 6.07) is 0.510. The van der Waals surface area contributed by atoms with Crippen LogP contribution in [-0.4, -0.2) is 55.8 Å². The molecule has 22 heavy (non-hydrogen) atoms. The molecule has 0 radical (unpaired) electrons. The van der Waals surface area contributed by atoms with Crippen molar-refractivity contribution in [1.82, 2.24) is 10.2 Å². The van der Waals surface area contributed by atoms with E-state index in [0.717, 1.165) is 26.2 Å². The van der Waals surface area contributed by atoms with Crippen LogP contribution in [0.1, 0.15) is 52.4 Å². The van der Waals surface area contributed by atoms with E-state index in [2.05, 4.69) is 29.1 Å². The van der Waals surface area contributed by atoms with E-state index in [9.17, 15) is 0 Å². The van der Waals surface area contributed by atoms with Crippen LogP contribution in [0.15, 0.2) is 4.99 Å². The van der Waals surface area contributed by atoms with Crippen LogP contribution in [-0.2, 0) is 4.74 Å². The van der Waals surface area contributed by atoms with Crippen molar-refractivity contribution in [2.24, 2.45) is 16.6 Å². The summed E-state index contributed by atoms with van der Waals surface area (Å²) >= 11 is 0. The van der Waals surface area contributed by atoms with Crippen molar-refractivity contribution in [3.05, 3.63) is 0 Å². The molecule has 128 valence electrons. The minimum Gasteiger partial charge on any atom is -0.374 e. The minimum absolute atomic E-state index is 0.182. The molecule has 0 aromatic carbocycles. The van der Waals surface area contributed by atoms with Gasteiger partial charge in [-0.15, -0.1) is 0 Å². The largest absolute Gasteiger partial charge is 0.374 e. The first-order chi connectivity index (χ1) is 10.6. The summed E-state index contributed by atoms with van der Waals surface area (Å²) in [5.74, 6) is 1.29. The molecule has 2 aliphatic rings. The van der Waals surface area contributed by atoms with Crippen LogP contribution in [0, 0.1) is 5.92 Å².